The molecule has 2 aromatic heterocycles. The molecule has 180 valence electrons. The summed E-state index contributed by atoms with van der Waals surface area (Å²) in [6.07, 6.45) is 0. The first-order valence-corrected chi connectivity index (χ1v) is 11.0. The lowest BCUT2D eigenvalue weighted by Gasteiger charge is -2.12. The van der Waals surface area contributed by atoms with Gasteiger partial charge in [-0.25, -0.2) is 9.78 Å². The third-order valence-electron chi connectivity index (χ3n) is 5.33. The van der Waals surface area contributed by atoms with Gasteiger partial charge in [0.05, 0.1) is 11.3 Å². The molecular weight excluding hydrogens is 450 g/mol. The number of esters is 1. The van der Waals surface area contributed by atoms with Crippen molar-refractivity contribution in [1.29, 1.82) is 0 Å². The Kier molecular flexibility index (Phi) is 6.68. The number of hydrogen-bond donors (Lipinski definition) is 1. The maximum Gasteiger partial charge on any atom is 0.338 e. The van der Waals surface area contributed by atoms with Gasteiger partial charge in [0.15, 0.2) is 12.3 Å². The highest BCUT2D eigenvalue weighted by Crippen LogP contribution is 2.20. The van der Waals surface area contributed by atoms with Crippen molar-refractivity contribution in [2.75, 3.05) is 11.9 Å². The zero-order valence-corrected chi connectivity index (χ0v) is 19.9. The first-order chi connectivity index (χ1) is 16.7. The minimum atomic E-state index is -0.613. The predicted octanol–water partition coefficient (Wildman–Crippen LogP) is 3.90. The molecule has 0 saturated carbocycles. The molecule has 35 heavy (non-hydrogen) atoms. The van der Waals surface area contributed by atoms with E-state index in [1.54, 1.807) is 31.2 Å². The molecule has 2 aromatic carbocycles. The molecule has 0 bridgehead atoms. The van der Waals surface area contributed by atoms with Gasteiger partial charge in [-0.2, -0.15) is 0 Å². The highest BCUT2D eigenvalue weighted by atomic mass is 16.5. The van der Waals surface area contributed by atoms with E-state index < -0.39 is 11.5 Å². The maximum absolute atomic E-state index is 12.6. The van der Waals surface area contributed by atoms with Crippen LogP contribution in [0, 0.1) is 27.7 Å². The second-order valence-electron chi connectivity index (χ2n) is 8.30. The summed E-state index contributed by atoms with van der Waals surface area (Å²) in [5.74, 6) is 0.217. The van der Waals surface area contributed by atoms with Crippen LogP contribution in [0.3, 0.4) is 0 Å². The third kappa shape index (κ3) is 5.57. The van der Waals surface area contributed by atoms with Crippen LogP contribution in [0.4, 0.5) is 5.69 Å². The number of aromatic nitrogens is 2. The number of aryl methyl sites for hydroxylation is 4. The standard InChI is InChI=1S/C26H25N3O6/c1-15-5-6-17(3)22(9-15)33-14-24(30)28-21-11-19(8-7-16(21)2)26(32)34-13-20-12-25(31)29-23(27-20)10-18(4)35-29/h5-12H,13-14H2,1-4H3,(H,28,30). The lowest BCUT2D eigenvalue weighted by atomic mass is 10.1. The first-order valence-electron chi connectivity index (χ1n) is 11.0. The van der Waals surface area contributed by atoms with Gasteiger partial charge in [0, 0.05) is 17.8 Å². The van der Waals surface area contributed by atoms with Gasteiger partial charge in [-0.3, -0.25) is 9.59 Å². The number of carbonyl (C=O) groups is 2. The molecule has 1 N–H and O–H groups in total. The van der Waals surface area contributed by atoms with Crippen molar-refractivity contribution in [2.24, 2.45) is 0 Å². The number of fused-ring (bicyclic) bond motifs is 1. The van der Waals surface area contributed by atoms with Gasteiger partial charge in [0.2, 0.25) is 0 Å². The molecule has 1 amide bonds. The van der Waals surface area contributed by atoms with Crippen molar-refractivity contribution in [3.05, 3.63) is 92.6 Å². The van der Waals surface area contributed by atoms with E-state index in [9.17, 15) is 14.4 Å². The molecule has 0 atom stereocenters. The van der Waals surface area contributed by atoms with Gasteiger partial charge in [-0.05, 0) is 62.6 Å². The van der Waals surface area contributed by atoms with Crippen molar-refractivity contribution < 1.29 is 23.6 Å². The number of ether oxygens (including phenoxy) is 2. The largest absolute Gasteiger partial charge is 0.483 e. The second kappa shape index (κ2) is 9.84. The smallest absolute Gasteiger partial charge is 0.338 e. The van der Waals surface area contributed by atoms with Crippen LogP contribution in [-0.4, -0.2) is 28.0 Å². The normalized spacial score (nSPS) is 10.9. The molecule has 0 aliphatic carbocycles. The molecule has 4 aromatic rings. The molecule has 0 radical (unpaired) electrons. The van der Waals surface area contributed by atoms with Crippen molar-refractivity contribution >= 4 is 23.2 Å². The van der Waals surface area contributed by atoms with Crippen molar-refractivity contribution in [1.82, 2.24) is 9.56 Å². The number of nitrogens with one attached hydrogen (secondary N) is 1. The van der Waals surface area contributed by atoms with E-state index in [1.807, 2.05) is 39.0 Å². The number of benzene rings is 2. The second-order valence-corrected chi connectivity index (χ2v) is 8.30. The molecule has 0 aliphatic heterocycles. The Morgan fingerprint density at radius 3 is 2.57 bits per heavy atom. The van der Waals surface area contributed by atoms with Gasteiger partial charge in [-0.1, -0.05) is 18.2 Å². The molecule has 9 heteroatoms. The summed E-state index contributed by atoms with van der Waals surface area (Å²) in [5.41, 5.74) is 3.70. The molecule has 4 rings (SSSR count). The first kappa shape index (κ1) is 23.7. The fourth-order valence-corrected chi connectivity index (χ4v) is 3.45. The molecule has 0 unspecified atom stereocenters. The maximum atomic E-state index is 12.6. The van der Waals surface area contributed by atoms with E-state index in [0.29, 0.717) is 28.5 Å². The Bertz CT molecular complexity index is 1480. The third-order valence-corrected chi connectivity index (χ3v) is 5.33. The van der Waals surface area contributed by atoms with Gasteiger partial charge in [0.25, 0.3) is 11.5 Å². The van der Waals surface area contributed by atoms with E-state index in [-0.39, 0.29) is 24.7 Å². The van der Waals surface area contributed by atoms with Crippen LogP contribution in [0.5, 0.6) is 5.75 Å². The Hall–Kier alpha value is -4.40. The van der Waals surface area contributed by atoms with Crippen LogP contribution in [-0.2, 0) is 16.1 Å². The number of hydrogen-bond acceptors (Lipinski definition) is 7. The van der Waals surface area contributed by atoms with E-state index in [2.05, 4.69) is 10.3 Å². The molecule has 0 fully saturated rings. The summed E-state index contributed by atoms with van der Waals surface area (Å²) < 4.78 is 17.3. The zero-order chi connectivity index (χ0) is 25.1. The van der Waals surface area contributed by atoms with E-state index in [0.717, 1.165) is 21.3 Å². The summed E-state index contributed by atoms with van der Waals surface area (Å²) in [5, 5.41) is 2.77. The Balaban J connectivity index is 1.40. The molecule has 0 saturated heterocycles. The summed E-state index contributed by atoms with van der Waals surface area (Å²) in [4.78, 5) is 41.5. The summed E-state index contributed by atoms with van der Waals surface area (Å²) in [6, 6.07) is 13.5. The number of anilines is 1. The summed E-state index contributed by atoms with van der Waals surface area (Å²) in [6.45, 7) is 7.02. The van der Waals surface area contributed by atoms with Crippen LogP contribution >= 0.6 is 0 Å². The monoisotopic (exact) mass is 475 g/mol. The Morgan fingerprint density at radius 1 is 1.00 bits per heavy atom. The fourth-order valence-electron chi connectivity index (χ4n) is 3.45. The molecule has 9 nitrogen and oxygen atoms in total. The minimum Gasteiger partial charge on any atom is -0.483 e. The molecule has 0 aliphatic rings. The molecule has 2 heterocycles. The van der Waals surface area contributed by atoms with Crippen molar-refractivity contribution in [2.45, 2.75) is 34.3 Å². The van der Waals surface area contributed by atoms with Gasteiger partial charge >= 0.3 is 5.97 Å². The van der Waals surface area contributed by atoms with Crippen LogP contribution < -0.4 is 15.6 Å². The van der Waals surface area contributed by atoms with E-state index in [4.69, 9.17) is 14.0 Å². The average molecular weight is 476 g/mol. The van der Waals surface area contributed by atoms with Crippen LogP contribution in [0.25, 0.3) is 5.65 Å². The topological polar surface area (TPSA) is 112 Å². The van der Waals surface area contributed by atoms with Crippen LogP contribution in [0.15, 0.2) is 57.8 Å². The molecule has 0 spiro atoms. The highest BCUT2D eigenvalue weighted by molar-refractivity contribution is 5.96. The minimum absolute atomic E-state index is 0.171. The quantitative estimate of drug-likeness (QED) is 0.404. The van der Waals surface area contributed by atoms with Gasteiger partial charge in [0.1, 0.15) is 18.1 Å². The van der Waals surface area contributed by atoms with Gasteiger partial charge < -0.3 is 19.3 Å². The SMILES string of the molecule is Cc1ccc(C)c(OCC(=O)Nc2cc(C(=O)OCc3cc(=O)n4oc(C)cc4n3)ccc2C)c1. The number of rotatable bonds is 7. The average Bonchev–Trinajstić information content (AvgIpc) is 3.20. The summed E-state index contributed by atoms with van der Waals surface area (Å²) in [7, 11) is 0. The molecular formula is C26H25N3O6. The lowest BCUT2D eigenvalue weighted by molar-refractivity contribution is -0.118. The predicted molar refractivity (Wildman–Crippen MR) is 129 cm³/mol. The number of amides is 1. The van der Waals surface area contributed by atoms with Crippen LogP contribution in [0.2, 0.25) is 0 Å². The van der Waals surface area contributed by atoms with E-state index in [1.165, 1.54) is 6.07 Å². The highest BCUT2D eigenvalue weighted by Gasteiger charge is 2.14. The van der Waals surface area contributed by atoms with E-state index >= 15 is 0 Å². The zero-order valence-electron chi connectivity index (χ0n) is 19.9. The van der Waals surface area contributed by atoms with Crippen molar-refractivity contribution in [3.63, 3.8) is 0 Å². The Labute approximate surface area is 201 Å². The van der Waals surface area contributed by atoms with Gasteiger partial charge in [-0.15, -0.1) is 4.57 Å². The Morgan fingerprint density at radius 2 is 1.77 bits per heavy atom. The number of nitrogens with zero attached hydrogens (tertiary/aromatic N) is 2. The van der Waals surface area contributed by atoms with Crippen molar-refractivity contribution in [3.8, 4) is 5.75 Å². The van der Waals surface area contributed by atoms with Crippen LogP contribution in [0.1, 0.15) is 38.5 Å². The lowest BCUT2D eigenvalue weighted by Crippen LogP contribution is -2.21. The summed E-state index contributed by atoms with van der Waals surface area (Å²) >= 11 is 0. The fraction of sp³-hybridized carbons (Fsp3) is 0.231. The number of carbonyl (C=O) groups excluding carboxylic acids is 2.